The van der Waals surface area contributed by atoms with Crippen molar-refractivity contribution < 1.29 is 58.5 Å². The molecule has 0 aliphatic carbocycles. The Balaban J connectivity index is 0.000000161. The lowest BCUT2D eigenvalue weighted by Crippen LogP contribution is -2.33. The van der Waals surface area contributed by atoms with Gasteiger partial charge in [-0.25, -0.2) is 27.0 Å². The van der Waals surface area contributed by atoms with E-state index in [1.54, 1.807) is 29.6 Å². The standard InChI is InChI=1S/C23H30N2S.C22H25F3N2S.C21H24F2N2S.C21H26N2S/c1-15-13-16(2)21(22-24(7)11-12-26-22)17(3)20(15)19-10-9-18(14-25(19)8)23(4,5)6;1-14-17(19-8-7-15(13-27(19)6)21(2,3)4)11-16(22(23,24)25)12-18(14)20-26(5)9-10-28-20;1-13-18(17-8-7-14(12-25(17)6)21(2,3)4)15(22)11-16(23)19(13)20-24(5)9-10-26-20;1-15-17(8-7-9-18(15)20-22(5)12-13-24-20)19-11-10-16(14-23(19)6)21(2,3)4/h9-14H,1-8H3;7-13H,1-6H3;7-12H,1-6H3;7-14H,1-6H3/q4*+2. The van der Waals surface area contributed by atoms with Crippen molar-refractivity contribution >= 4 is 45.3 Å². The zero-order valence-electron chi connectivity index (χ0n) is 65.7. The summed E-state index contributed by atoms with van der Waals surface area (Å²) >= 11 is 6.48. The zero-order chi connectivity index (χ0) is 76.8. The first-order valence-corrected chi connectivity index (χ1v) is 38.6. The minimum atomic E-state index is -4.41. The molecule has 0 bridgehead atoms. The number of aryl methyl sites for hydroxylation is 10. The molecule has 12 rings (SSSR count). The van der Waals surface area contributed by atoms with E-state index in [2.05, 4.69) is 241 Å². The minimum absolute atomic E-state index is 0.00254. The SMILES string of the molecule is Cc1c(-c2ccc(C(C)(C)C)c[n+]2C)c(F)cc(F)c1-c1scc[n+]1C.Cc1c(-c2ccc(C(C)(C)C)c[n+]2C)cc(C(F)(F)F)cc1-c1scc[n+]1C.Cc1c(-c2ccc(C(C)(C)C)c[n+]2C)cccc1-c1scc[n+]1C.Cc1cc(C)c(-c2scc[n+]2C)c(C)c1-c1ccc(C(C)(C)C)c[n+]1C. The highest BCUT2D eigenvalue weighted by Crippen LogP contribution is 2.42. The third-order valence-corrected chi connectivity index (χ3v) is 23.5. The number of nitrogens with zero attached hydrogens (tertiary/aromatic N) is 8. The lowest BCUT2D eigenvalue weighted by Gasteiger charge is -2.18. The highest BCUT2D eigenvalue weighted by molar-refractivity contribution is 7.13. The van der Waals surface area contributed by atoms with Crippen LogP contribution in [-0.4, -0.2) is 0 Å². The molecule has 12 aromatic rings. The zero-order valence-corrected chi connectivity index (χ0v) is 69.0. The Hall–Kier alpha value is -8.35. The molecule has 0 amide bonds. The molecule has 8 heterocycles. The number of pyridine rings is 4. The van der Waals surface area contributed by atoms with Gasteiger partial charge in [-0.1, -0.05) is 141 Å². The maximum absolute atomic E-state index is 14.8. The molecule has 544 valence electrons. The van der Waals surface area contributed by atoms with Crippen LogP contribution in [-0.2, 0) is 84.2 Å². The number of hydrogen-bond acceptors (Lipinski definition) is 4. The average Bonchev–Trinajstić information content (AvgIpc) is 1.46. The van der Waals surface area contributed by atoms with Gasteiger partial charge in [-0.05, 0) is 145 Å². The lowest BCUT2D eigenvalue weighted by molar-refractivity contribution is -0.661. The van der Waals surface area contributed by atoms with E-state index < -0.39 is 23.4 Å². The fourth-order valence-electron chi connectivity index (χ4n) is 13.3. The molecule has 0 unspecified atom stereocenters. The second kappa shape index (κ2) is 31.0. The van der Waals surface area contributed by atoms with Crippen LogP contribution in [0.4, 0.5) is 22.0 Å². The van der Waals surface area contributed by atoms with Gasteiger partial charge in [-0.2, -0.15) is 31.4 Å². The van der Waals surface area contributed by atoms with Crippen molar-refractivity contribution in [3.05, 3.63) is 235 Å². The quantitative estimate of drug-likeness (QED) is 0.107. The van der Waals surface area contributed by atoms with E-state index >= 15 is 0 Å². The first kappa shape index (κ1) is 79.8. The summed E-state index contributed by atoms with van der Waals surface area (Å²) in [5, 5.41) is 12.3. The summed E-state index contributed by atoms with van der Waals surface area (Å²) in [5.74, 6) is -1.07. The minimum Gasteiger partial charge on any atom is -0.206 e. The molecule has 0 aliphatic heterocycles. The van der Waals surface area contributed by atoms with Gasteiger partial charge < -0.3 is 0 Å². The number of aromatic nitrogens is 8. The number of hydrogen-bond donors (Lipinski definition) is 0. The van der Waals surface area contributed by atoms with Crippen molar-refractivity contribution in [3.8, 4) is 87.3 Å². The molecule has 17 heteroatoms. The molecule has 0 radical (unpaired) electrons. The molecule has 4 aromatic carbocycles. The number of halogens is 5. The maximum Gasteiger partial charge on any atom is 0.416 e. The molecule has 0 saturated heterocycles. The molecule has 0 atom stereocenters. The lowest BCUT2D eigenvalue weighted by atomic mass is 9.87. The summed E-state index contributed by atoms with van der Waals surface area (Å²) in [4.78, 5) is 0. The number of thiazole rings is 4. The predicted octanol–water partition coefficient (Wildman–Crippen LogP) is 19.3. The molecule has 0 fully saturated rings. The van der Waals surface area contributed by atoms with Crippen molar-refractivity contribution in [2.75, 3.05) is 0 Å². The summed E-state index contributed by atoms with van der Waals surface area (Å²) in [6.45, 7) is 38.9. The van der Waals surface area contributed by atoms with Crippen molar-refractivity contribution in [2.45, 2.75) is 152 Å². The fourth-order valence-corrected chi connectivity index (χ4v) is 17.2. The highest BCUT2D eigenvalue weighted by atomic mass is 32.1. The van der Waals surface area contributed by atoms with Gasteiger partial charge in [0.2, 0.25) is 22.8 Å². The van der Waals surface area contributed by atoms with E-state index in [9.17, 15) is 22.0 Å². The van der Waals surface area contributed by atoms with Gasteiger partial charge in [-0.15, -0.1) is 0 Å². The van der Waals surface area contributed by atoms with Gasteiger partial charge in [0.25, 0.3) is 20.0 Å². The van der Waals surface area contributed by atoms with Crippen molar-refractivity contribution in [1.29, 1.82) is 0 Å². The molecule has 0 spiro atoms. The van der Waals surface area contributed by atoms with E-state index in [-0.39, 0.29) is 21.7 Å². The largest absolute Gasteiger partial charge is 0.416 e. The van der Waals surface area contributed by atoms with E-state index in [0.717, 1.165) is 44.2 Å². The van der Waals surface area contributed by atoms with Crippen LogP contribution in [0.1, 0.15) is 144 Å². The topological polar surface area (TPSA) is 31.0 Å². The summed E-state index contributed by atoms with van der Waals surface area (Å²) in [7, 11) is 16.0. The van der Waals surface area contributed by atoms with Gasteiger partial charge in [0, 0.05) is 58.1 Å². The van der Waals surface area contributed by atoms with Crippen LogP contribution >= 0.6 is 45.3 Å². The molecule has 0 saturated carbocycles. The number of benzene rings is 4. The highest BCUT2D eigenvalue weighted by Gasteiger charge is 2.36. The monoisotopic (exact) mass is 1480 g/mol. The molecule has 0 N–H and O–H groups in total. The smallest absolute Gasteiger partial charge is 0.206 e. The van der Waals surface area contributed by atoms with E-state index in [0.29, 0.717) is 27.8 Å². The van der Waals surface area contributed by atoms with Crippen molar-refractivity contribution in [2.24, 2.45) is 56.4 Å². The Morgan fingerprint density at radius 3 is 0.990 bits per heavy atom. The van der Waals surface area contributed by atoms with E-state index in [1.165, 1.54) is 112 Å². The van der Waals surface area contributed by atoms with Crippen LogP contribution in [0.3, 0.4) is 0 Å². The second-order valence-corrected chi connectivity index (χ2v) is 35.3. The fraction of sp³-hybridized carbons (Fsp3) is 0.356. The Kier molecular flexibility index (Phi) is 23.8. The van der Waals surface area contributed by atoms with Crippen LogP contribution in [0.15, 0.2) is 162 Å². The summed E-state index contributed by atoms with van der Waals surface area (Å²) in [6, 6.07) is 29.4. The van der Waals surface area contributed by atoms with E-state index in [4.69, 9.17) is 0 Å². The maximum atomic E-state index is 14.8. The molecular formula is C87H105F5N8S4+8. The number of rotatable bonds is 8. The normalized spacial score (nSPS) is 12.0. The number of alkyl halides is 3. The van der Waals surface area contributed by atoms with Gasteiger partial charge in [0.15, 0.2) is 49.6 Å². The Morgan fingerprint density at radius 2 is 0.606 bits per heavy atom. The van der Waals surface area contributed by atoms with Crippen molar-refractivity contribution in [1.82, 2.24) is 0 Å². The Morgan fingerprint density at radius 1 is 0.288 bits per heavy atom. The average molecular weight is 1490 g/mol. The van der Waals surface area contributed by atoms with Crippen LogP contribution in [0.2, 0.25) is 0 Å². The van der Waals surface area contributed by atoms with Gasteiger partial charge in [0.05, 0.1) is 66.0 Å². The third kappa shape index (κ3) is 17.3. The summed E-state index contributed by atoms with van der Waals surface area (Å²) in [5.41, 5.74) is 22.9. The van der Waals surface area contributed by atoms with Gasteiger partial charge in [-0.3, -0.25) is 0 Å². The van der Waals surface area contributed by atoms with Crippen LogP contribution in [0.25, 0.3) is 87.3 Å². The van der Waals surface area contributed by atoms with Gasteiger partial charge in [0.1, 0.15) is 68.0 Å². The third-order valence-electron chi connectivity index (χ3n) is 19.6. The first-order chi connectivity index (χ1) is 48.4. The first-order valence-electron chi connectivity index (χ1n) is 35.1. The van der Waals surface area contributed by atoms with Crippen LogP contribution in [0, 0.1) is 53.2 Å². The second-order valence-electron chi connectivity index (χ2n) is 31.7. The van der Waals surface area contributed by atoms with E-state index in [1.807, 2.05) is 113 Å². The molecule has 8 nitrogen and oxygen atoms in total. The Bertz CT molecular complexity index is 4990. The van der Waals surface area contributed by atoms with Crippen LogP contribution < -0.4 is 36.5 Å². The van der Waals surface area contributed by atoms with Crippen LogP contribution in [0.5, 0.6) is 0 Å². The molecule has 0 aliphatic rings. The van der Waals surface area contributed by atoms with Crippen molar-refractivity contribution in [3.63, 3.8) is 0 Å². The predicted molar refractivity (Wildman–Crippen MR) is 418 cm³/mol. The summed E-state index contributed by atoms with van der Waals surface area (Å²) in [6.07, 6.45) is 12.1. The molecule has 104 heavy (non-hydrogen) atoms. The molecular weight excluding hydrogens is 1380 g/mol. The van der Waals surface area contributed by atoms with Gasteiger partial charge >= 0.3 is 6.18 Å². The molecule has 8 aromatic heterocycles. The summed E-state index contributed by atoms with van der Waals surface area (Å²) < 4.78 is 86.8. The Labute approximate surface area is 630 Å².